The van der Waals surface area contributed by atoms with Crippen molar-refractivity contribution in [3.8, 4) is 0 Å². The quantitative estimate of drug-likeness (QED) is 0.634. The topological polar surface area (TPSA) is 3.24 Å². The van der Waals surface area contributed by atoms with Gasteiger partial charge in [-0.25, -0.2) is 0 Å². The lowest BCUT2D eigenvalue weighted by atomic mass is 9.98. The summed E-state index contributed by atoms with van der Waals surface area (Å²) in [6.45, 7) is 14.4. The molecule has 20 heavy (non-hydrogen) atoms. The van der Waals surface area contributed by atoms with Gasteiger partial charge in [0, 0.05) is 6.54 Å². The Hall–Kier alpha value is -0.820. The van der Waals surface area contributed by atoms with E-state index >= 15 is 0 Å². The number of piperidine rings is 1. The molecule has 2 rings (SSSR count). The van der Waals surface area contributed by atoms with Gasteiger partial charge in [-0.15, -0.1) is 0 Å². The van der Waals surface area contributed by atoms with Crippen LogP contribution in [0.3, 0.4) is 0 Å². The van der Waals surface area contributed by atoms with E-state index in [9.17, 15) is 0 Å². The third kappa shape index (κ3) is 9.14. The first-order valence-electron chi connectivity index (χ1n) is 8.49. The molecule has 1 saturated heterocycles. The maximum absolute atomic E-state index is 2.60. The second kappa shape index (κ2) is 13.2. The van der Waals surface area contributed by atoms with Crippen molar-refractivity contribution in [1.82, 2.24) is 4.90 Å². The minimum absolute atomic E-state index is 0.934. The van der Waals surface area contributed by atoms with E-state index in [1.165, 1.54) is 38.9 Å². The lowest BCUT2D eigenvalue weighted by Crippen LogP contribution is -2.34. The van der Waals surface area contributed by atoms with Crippen molar-refractivity contribution in [2.75, 3.05) is 19.6 Å². The van der Waals surface area contributed by atoms with E-state index in [-0.39, 0.29) is 0 Å². The van der Waals surface area contributed by atoms with E-state index in [0.717, 1.165) is 12.3 Å². The van der Waals surface area contributed by atoms with Gasteiger partial charge in [-0.05, 0) is 38.3 Å². The van der Waals surface area contributed by atoms with Crippen LogP contribution >= 0.6 is 0 Å². The Kier molecular flexibility index (Phi) is 12.6. The fraction of sp³-hybridized carbons (Fsp3) is 0.684. The average molecular weight is 277 g/mol. The molecule has 0 N–H and O–H groups in total. The summed E-state index contributed by atoms with van der Waals surface area (Å²) in [7, 11) is 0. The van der Waals surface area contributed by atoms with Crippen molar-refractivity contribution in [3.63, 3.8) is 0 Å². The molecule has 0 aromatic carbocycles. The van der Waals surface area contributed by atoms with Gasteiger partial charge in [0.15, 0.2) is 0 Å². The van der Waals surface area contributed by atoms with Crippen LogP contribution in [-0.4, -0.2) is 24.5 Å². The van der Waals surface area contributed by atoms with Gasteiger partial charge in [-0.3, -0.25) is 4.90 Å². The van der Waals surface area contributed by atoms with E-state index in [1.54, 1.807) is 5.57 Å². The molecule has 0 spiro atoms. The van der Waals surface area contributed by atoms with Gasteiger partial charge in [0.05, 0.1) is 0 Å². The number of nitrogens with zero attached hydrogens (tertiary/aromatic N) is 1. The van der Waals surface area contributed by atoms with Crippen LogP contribution in [0, 0.1) is 5.92 Å². The highest BCUT2D eigenvalue weighted by molar-refractivity contribution is 5.24. The first kappa shape index (κ1) is 19.2. The van der Waals surface area contributed by atoms with Crippen molar-refractivity contribution in [1.29, 1.82) is 0 Å². The van der Waals surface area contributed by atoms with Crippen LogP contribution in [0.4, 0.5) is 0 Å². The van der Waals surface area contributed by atoms with Gasteiger partial charge in [-0.2, -0.15) is 0 Å². The molecule has 1 aliphatic carbocycles. The predicted molar refractivity (Wildman–Crippen MR) is 93.1 cm³/mol. The Labute approximate surface area is 127 Å². The maximum atomic E-state index is 2.60. The highest BCUT2D eigenvalue weighted by Gasteiger charge is 2.15. The highest BCUT2D eigenvalue weighted by Crippen LogP contribution is 2.18. The van der Waals surface area contributed by atoms with Crippen molar-refractivity contribution in [3.05, 3.63) is 36.0 Å². The van der Waals surface area contributed by atoms with Gasteiger partial charge in [0.2, 0.25) is 0 Å². The molecule has 1 fully saturated rings. The van der Waals surface area contributed by atoms with Crippen molar-refractivity contribution >= 4 is 0 Å². The monoisotopic (exact) mass is 277 g/mol. The minimum Gasteiger partial charge on any atom is -0.299 e. The largest absolute Gasteiger partial charge is 0.299 e. The number of rotatable bonds is 2. The molecule has 0 amide bonds. The summed E-state index contributed by atoms with van der Waals surface area (Å²) in [5.41, 5.74) is 1.55. The molecule has 0 unspecified atom stereocenters. The average Bonchev–Trinajstić information content (AvgIpc) is 2.73. The van der Waals surface area contributed by atoms with Gasteiger partial charge in [0.25, 0.3) is 0 Å². The molecule has 0 aromatic heterocycles. The predicted octanol–water partition coefficient (Wildman–Crippen LogP) is 5.60. The molecular formula is C19H35N. The molecule has 0 bridgehead atoms. The molecular weight excluding hydrogens is 242 g/mol. The normalized spacial score (nSPS) is 19.1. The summed E-state index contributed by atoms with van der Waals surface area (Å²) in [5, 5.41) is 0. The van der Waals surface area contributed by atoms with E-state index in [1.807, 2.05) is 13.8 Å². The fourth-order valence-electron chi connectivity index (χ4n) is 2.25. The summed E-state index contributed by atoms with van der Waals surface area (Å²) in [6.07, 6.45) is 16.1. The second-order valence-corrected chi connectivity index (χ2v) is 5.51. The second-order valence-electron chi connectivity index (χ2n) is 5.51. The van der Waals surface area contributed by atoms with E-state index in [2.05, 4.69) is 56.1 Å². The van der Waals surface area contributed by atoms with E-state index in [4.69, 9.17) is 0 Å². The lowest BCUT2D eigenvalue weighted by molar-refractivity contribution is 0.205. The summed E-state index contributed by atoms with van der Waals surface area (Å²) in [6, 6.07) is 0. The Bertz CT molecular complexity index is 291. The van der Waals surface area contributed by atoms with Gasteiger partial charge < -0.3 is 0 Å². The molecule has 0 radical (unpaired) electrons. The van der Waals surface area contributed by atoms with Crippen LogP contribution in [0.25, 0.3) is 0 Å². The van der Waals surface area contributed by atoms with Crippen LogP contribution in [0.2, 0.25) is 0 Å². The Morgan fingerprint density at radius 2 is 1.65 bits per heavy atom. The zero-order valence-corrected chi connectivity index (χ0v) is 14.4. The van der Waals surface area contributed by atoms with Crippen molar-refractivity contribution in [2.45, 2.75) is 60.3 Å². The molecule has 0 aromatic rings. The number of allylic oxidation sites excluding steroid dienone is 5. The molecule has 1 nitrogen and oxygen atoms in total. The molecule has 0 saturated carbocycles. The summed E-state index contributed by atoms with van der Waals surface area (Å²) in [4.78, 5) is 2.60. The number of likely N-dealkylation sites (tertiary alicyclic amines) is 1. The summed E-state index contributed by atoms with van der Waals surface area (Å²) < 4.78 is 0. The first-order chi connectivity index (χ1) is 9.76. The third-order valence-corrected chi connectivity index (χ3v) is 3.37. The zero-order valence-electron chi connectivity index (χ0n) is 14.4. The van der Waals surface area contributed by atoms with Crippen molar-refractivity contribution in [2.24, 2.45) is 5.92 Å². The summed E-state index contributed by atoms with van der Waals surface area (Å²) in [5.74, 6) is 0.934. The van der Waals surface area contributed by atoms with E-state index < -0.39 is 0 Å². The Balaban J connectivity index is 0.000000641. The molecule has 2 aliphatic rings. The highest BCUT2D eigenvalue weighted by atomic mass is 15.1. The SMILES string of the molecule is CC.CC1CCN(CC2=CC=CC=CC2)CC1.CCC. The van der Waals surface area contributed by atoms with Crippen molar-refractivity contribution < 1.29 is 0 Å². The van der Waals surface area contributed by atoms with Gasteiger partial charge in [0.1, 0.15) is 0 Å². The molecule has 1 aliphatic heterocycles. The van der Waals surface area contributed by atoms with Crippen LogP contribution in [0.1, 0.15) is 60.3 Å². The Morgan fingerprint density at radius 3 is 2.25 bits per heavy atom. The minimum atomic E-state index is 0.934. The molecule has 116 valence electrons. The van der Waals surface area contributed by atoms with Crippen LogP contribution in [0.15, 0.2) is 36.0 Å². The standard InChI is InChI=1S/C14H21N.C3H8.C2H6/c1-13-8-10-15(11-9-13)12-14-6-4-2-3-5-7-14;1-3-2;1-2/h2-6,13H,7-12H2,1H3;3H2,1-2H3;1-2H3. The van der Waals surface area contributed by atoms with Crippen LogP contribution < -0.4 is 0 Å². The van der Waals surface area contributed by atoms with Crippen LogP contribution in [-0.2, 0) is 0 Å². The van der Waals surface area contributed by atoms with Gasteiger partial charge in [-0.1, -0.05) is 77.0 Å². The number of hydrogen-bond donors (Lipinski definition) is 0. The summed E-state index contributed by atoms with van der Waals surface area (Å²) >= 11 is 0. The fourth-order valence-corrected chi connectivity index (χ4v) is 2.25. The molecule has 0 atom stereocenters. The maximum Gasteiger partial charge on any atom is 0.0199 e. The Morgan fingerprint density at radius 1 is 1.05 bits per heavy atom. The molecule has 1 heterocycles. The zero-order chi connectivity index (χ0) is 15.2. The van der Waals surface area contributed by atoms with Gasteiger partial charge >= 0.3 is 0 Å². The van der Waals surface area contributed by atoms with Crippen LogP contribution in [0.5, 0.6) is 0 Å². The number of hydrogen-bond acceptors (Lipinski definition) is 1. The molecule has 1 heteroatoms. The first-order valence-corrected chi connectivity index (χ1v) is 8.49. The smallest absolute Gasteiger partial charge is 0.0199 e. The third-order valence-electron chi connectivity index (χ3n) is 3.37. The lowest BCUT2D eigenvalue weighted by Gasteiger charge is -2.30. The van der Waals surface area contributed by atoms with E-state index in [0.29, 0.717) is 0 Å².